The molecule has 9 heteroatoms. The molecule has 9 nitrogen and oxygen atoms in total. The number of pyridine rings is 1. The molecule has 0 aliphatic heterocycles. The maximum atomic E-state index is 5.95. The van der Waals surface area contributed by atoms with Crippen LogP contribution in [0.25, 0.3) is 22.0 Å². The van der Waals surface area contributed by atoms with Gasteiger partial charge in [0.2, 0.25) is 5.95 Å². The highest BCUT2D eigenvalue weighted by Crippen LogP contribution is 2.29. The van der Waals surface area contributed by atoms with Gasteiger partial charge in [0, 0.05) is 56.5 Å². The van der Waals surface area contributed by atoms with Gasteiger partial charge in [-0.2, -0.15) is 5.10 Å². The third-order valence-corrected chi connectivity index (χ3v) is 3.57. The van der Waals surface area contributed by atoms with Crippen LogP contribution in [0.5, 0.6) is 0 Å². The predicted molar refractivity (Wildman–Crippen MR) is 92.3 cm³/mol. The highest BCUT2D eigenvalue weighted by molar-refractivity contribution is 5.98. The summed E-state index contributed by atoms with van der Waals surface area (Å²) in [6.45, 7) is 0.959. The van der Waals surface area contributed by atoms with Crippen molar-refractivity contribution in [1.82, 2.24) is 24.7 Å². The Bertz CT molecular complexity index is 847. The van der Waals surface area contributed by atoms with Gasteiger partial charge in [-0.3, -0.25) is 4.68 Å². The van der Waals surface area contributed by atoms with Crippen molar-refractivity contribution < 1.29 is 4.74 Å². The number of nitrogen functional groups attached to an aromatic ring is 1. The number of hydrogen-bond donors (Lipinski definition) is 3. The second-order valence-electron chi connectivity index (χ2n) is 5.51. The van der Waals surface area contributed by atoms with Crippen LogP contribution in [0.3, 0.4) is 0 Å². The van der Waals surface area contributed by atoms with Crippen molar-refractivity contribution in [1.29, 1.82) is 0 Å². The summed E-state index contributed by atoms with van der Waals surface area (Å²) in [6.07, 6.45) is 7.02. The van der Waals surface area contributed by atoms with Crippen LogP contribution in [0, 0.1) is 0 Å². The van der Waals surface area contributed by atoms with E-state index in [2.05, 4.69) is 25.4 Å². The molecule has 0 bridgehead atoms. The van der Waals surface area contributed by atoms with Crippen LogP contribution in [0.1, 0.15) is 0 Å². The molecule has 5 N–H and O–H groups in total. The molecule has 0 aromatic carbocycles. The van der Waals surface area contributed by atoms with Crippen molar-refractivity contribution >= 4 is 22.7 Å². The van der Waals surface area contributed by atoms with Gasteiger partial charge in [-0.1, -0.05) is 0 Å². The summed E-state index contributed by atoms with van der Waals surface area (Å²) in [7, 11) is 3.47. The van der Waals surface area contributed by atoms with E-state index in [1.54, 1.807) is 30.4 Å². The average Bonchev–Trinajstić information content (AvgIpc) is 3.00. The lowest BCUT2D eigenvalue weighted by atomic mass is 10.1. The second kappa shape index (κ2) is 6.77. The highest BCUT2D eigenvalue weighted by atomic mass is 16.5. The molecule has 0 radical (unpaired) electrons. The van der Waals surface area contributed by atoms with Crippen molar-refractivity contribution in [2.24, 2.45) is 12.8 Å². The average molecular weight is 328 g/mol. The van der Waals surface area contributed by atoms with Crippen molar-refractivity contribution in [2.75, 3.05) is 31.3 Å². The largest absolute Gasteiger partial charge is 0.383 e. The molecular weight excluding hydrogens is 308 g/mol. The molecule has 0 amide bonds. The Hall–Kier alpha value is -2.78. The monoisotopic (exact) mass is 328 g/mol. The van der Waals surface area contributed by atoms with Crippen LogP contribution in [0.15, 0.2) is 24.8 Å². The van der Waals surface area contributed by atoms with Gasteiger partial charge in [0.1, 0.15) is 5.82 Å². The number of aromatic nitrogens is 5. The molecule has 0 aliphatic carbocycles. The lowest BCUT2D eigenvalue weighted by Gasteiger charge is -2.12. The minimum Gasteiger partial charge on any atom is -0.383 e. The molecule has 0 saturated carbocycles. The fraction of sp³-hybridized carbons (Fsp3) is 0.333. The summed E-state index contributed by atoms with van der Waals surface area (Å²) in [6, 6.07) is -0.144. The molecule has 0 saturated heterocycles. The number of rotatable bonds is 6. The number of hydrogen-bond acceptors (Lipinski definition) is 8. The summed E-state index contributed by atoms with van der Waals surface area (Å²) < 4.78 is 6.74. The number of nitrogens with zero attached hydrogens (tertiary/aromatic N) is 5. The second-order valence-corrected chi connectivity index (χ2v) is 5.51. The Balaban J connectivity index is 1.97. The van der Waals surface area contributed by atoms with E-state index >= 15 is 0 Å². The van der Waals surface area contributed by atoms with Gasteiger partial charge in [0.05, 0.1) is 23.7 Å². The van der Waals surface area contributed by atoms with E-state index in [4.69, 9.17) is 16.2 Å². The lowest BCUT2D eigenvalue weighted by molar-refractivity contribution is 0.183. The van der Waals surface area contributed by atoms with E-state index in [9.17, 15) is 0 Å². The van der Waals surface area contributed by atoms with Crippen LogP contribution in [0.4, 0.5) is 11.8 Å². The summed E-state index contributed by atoms with van der Waals surface area (Å²) in [5.41, 5.74) is 14.3. The maximum Gasteiger partial charge on any atom is 0.223 e. The zero-order valence-electron chi connectivity index (χ0n) is 13.6. The molecule has 3 heterocycles. The Kier molecular flexibility index (Phi) is 4.54. The lowest BCUT2D eigenvalue weighted by Crippen LogP contribution is -2.33. The third kappa shape index (κ3) is 3.26. The molecule has 0 fully saturated rings. The van der Waals surface area contributed by atoms with Crippen molar-refractivity contribution in [3.63, 3.8) is 0 Å². The number of nitrogens with one attached hydrogen (secondary N) is 1. The van der Waals surface area contributed by atoms with Crippen molar-refractivity contribution in [3.05, 3.63) is 24.8 Å². The van der Waals surface area contributed by atoms with Crippen LogP contribution in [-0.4, -0.2) is 51.0 Å². The fourth-order valence-electron chi connectivity index (χ4n) is 2.39. The molecule has 3 aromatic rings. The summed E-state index contributed by atoms with van der Waals surface area (Å²) in [4.78, 5) is 13.1. The zero-order chi connectivity index (χ0) is 17.1. The SMILES string of the molecule is COC[C@H](N)CNc1ncc2c(N)ncc(-c3cnn(C)c3)c2n1. The minimum atomic E-state index is -0.144. The van der Waals surface area contributed by atoms with E-state index < -0.39 is 0 Å². The molecule has 0 spiro atoms. The van der Waals surface area contributed by atoms with Crippen LogP contribution in [-0.2, 0) is 11.8 Å². The van der Waals surface area contributed by atoms with Crippen molar-refractivity contribution in [3.8, 4) is 11.1 Å². The Morgan fingerprint density at radius 3 is 2.83 bits per heavy atom. The standard InChI is InChI=1S/C15H20N8O/c1-23-7-9(3-21-23)11-5-18-14(17)12-6-20-15(22-13(11)12)19-4-10(16)8-24-2/h3,5-7,10H,4,8,16H2,1-2H3,(H2,17,18)(H,19,20,22)/t10-/m1/s1. The summed E-state index contributed by atoms with van der Waals surface area (Å²) in [5, 5.41) is 8.01. The minimum absolute atomic E-state index is 0.144. The van der Waals surface area contributed by atoms with Gasteiger partial charge in [-0.25, -0.2) is 15.0 Å². The number of ether oxygens (including phenoxy) is 1. The van der Waals surface area contributed by atoms with Gasteiger partial charge in [0.25, 0.3) is 0 Å². The van der Waals surface area contributed by atoms with Crippen LogP contribution < -0.4 is 16.8 Å². The van der Waals surface area contributed by atoms with Gasteiger partial charge >= 0.3 is 0 Å². The maximum absolute atomic E-state index is 5.95. The first kappa shape index (κ1) is 16.1. The number of aryl methyl sites for hydroxylation is 1. The zero-order valence-corrected chi connectivity index (χ0v) is 13.6. The van der Waals surface area contributed by atoms with Crippen LogP contribution >= 0.6 is 0 Å². The predicted octanol–water partition coefficient (Wildman–Crippen LogP) is 0.393. The van der Waals surface area contributed by atoms with Crippen molar-refractivity contribution in [2.45, 2.75) is 6.04 Å². The number of nitrogens with two attached hydrogens (primary N) is 2. The molecule has 1 atom stereocenters. The number of anilines is 2. The van der Waals surface area contributed by atoms with Gasteiger partial charge in [0.15, 0.2) is 0 Å². The normalized spacial score (nSPS) is 12.5. The van der Waals surface area contributed by atoms with E-state index in [1.807, 2.05) is 13.2 Å². The Labute approximate surface area is 139 Å². The molecule has 3 aromatic heterocycles. The third-order valence-electron chi connectivity index (χ3n) is 3.57. The number of fused-ring (bicyclic) bond motifs is 1. The Morgan fingerprint density at radius 1 is 1.29 bits per heavy atom. The first-order valence-electron chi connectivity index (χ1n) is 7.47. The summed E-state index contributed by atoms with van der Waals surface area (Å²) >= 11 is 0. The first-order valence-corrected chi connectivity index (χ1v) is 7.47. The molecule has 3 rings (SSSR count). The smallest absolute Gasteiger partial charge is 0.223 e. The Morgan fingerprint density at radius 2 is 2.12 bits per heavy atom. The van der Waals surface area contributed by atoms with Gasteiger partial charge in [-0.15, -0.1) is 0 Å². The molecule has 24 heavy (non-hydrogen) atoms. The summed E-state index contributed by atoms with van der Waals surface area (Å²) in [5.74, 6) is 0.866. The fourth-order valence-corrected chi connectivity index (χ4v) is 2.39. The van der Waals surface area contributed by atoms with E-state index in [0.717, 1.165) is 11.1 Å². The number of methoxy groups -OCH3 is 1. The van der Waals surface area contributed by atoms with Gasteiger partial charge < -0.3 is 21.5 Å². The highest BCUT2D eigenvalue weighted by Gasteiger charge is 2.12. The van der Waals surface area contributed by atoms with Crippen LogP contribution in [0.2, 0.25) is 0 Å². The molecule has 0 unspecified atom stereocenters. The molecule has 126 valence electrons. The molecular formula is C15H20N8O. The van der Waals surface area contributed by atoms with E-state index in [1.165, 1.54) is 0 Å². The molecule has 0 aliphatic rings. The quantitative estimate of drug-likeness (QED) is 0.592. The van der Waals surface area contributed by atoms with E-state index in [-0.39, 0.29) is 6.04 Å². The van der Waals surface area contributed by atoms with E-state index in [0.29, 0.717) is 35.8 Å². The topological polar surface area (TPSA) is 130 Å². The first-order chi connectivity index (χ1) is 11.6. The van der Waals surface area contributed by atoms with Gasteiger partial charge in [-0.05, 0) is 0 Å².